The molecule has 1 heterocycles. The molecule has 0 aliphatic rings. The second kappa shape index (κ2) is 8.53. The second-order valence-electron chi connectivity index (χ2n) is 5.88. The minimum atomic E-state index is -4.52. The zero-order valence-corrected chi connectivity index (χ0v) is 16.6. The van der Waals surface area contributed by atoms with Crippen LogP contribution in [0.3, 0.4) is 0 Å². The van der Waals surface area contributed by atoms with Crippen LogP contribution in [0.15, 0.2) is 59.0 Å². The number of benzene rings is 2. The summed E-state index contributed by atoms with van der Waals surface area (Å²) in [5, 5.41) is 3.09. The van der Waals surface area contributed by atoms with Gasteiger partial charge >= 0.3 is 6.18 Å². The van der Waals surface area contributed by atoms with Gasteiger partial charge in [-0.3, -0.25) is 4.79 Å². The Balaban J connectivity index is 1.69. The highest BCUT2D eigenvalue weighted by Crippen LogP contribution is 2.34. The van der Waals surface area contributed by atoms with Gasteiger partial charge in [-0.15, -0.1) is 0 Å². The van der Waals surface area contributed by atoms with Gasteiger partial charge in [0.15, 0.2) is 0 Å². The fourth-order valence-electron chi connectivity index (χ4n) is 2.42. The maximum atomic E-state index is 12.7. The number of anilines is 1. The van der Waals surface area contributed by atoms with E-state index in [1.165, 1.54) is 12.2 Å². The van der Waals surface area contributed by atoms with E-state index in [0.717, 1.165) is 18.2 Å². The summed E-state index contributed by atoms with van der Waals surface area (Å²) in [5.74, 6) is 0.292. The Labute approximate surface area is 178 Å². The summed E-state index contributed by atoms with van der Waals surface area (Å²) in [5.41, 5.74) is -0.175. The molecule has 0 fully saturated rings. The van der Waals surface area contributed by atoms with Gasteiger partial charge in [0.05, 0.1) is 16.3 Å². The first-order chi connectivity index (χ1) is 13.6. The molecule has 3 aromatic rings. The third-order valence-electron chi connectivity index (χ3n) is 3.73. The van der Waals surface area contributed by atoms with Crippen LogP contribution < -0.4 is 5.32 Å². The van der Waals surface area contributed by atoms with Crippen molar-refractivity contribution in [3.8, 4) is 11.3 Å². The lowest BCUT2D eigenvalue weighted by atomic mass is 10.2. The topological polar surface area (TPSA) is 42.2 Å². The lowest BCUT2D eigenvalue weighted by Gasteiger charge is -2.10. The SMILES string of the molecule is O=C(/C=C/c1ccc(-c2cc(Cl)cc(Cl)c2)o1)Nc1ccc(C(F)(F)F)cc1Cl. The first-order valence-electron chi connectivity index (χ1n) is 8.04. The molecule has 9 heteroatoms. The summed E-state index contributed by atoms with van der Waals surface area (Å²) in [6.07, 6.45) is -1.94. The number of nitrogens with one attached hydrogen (secondary N) is 1. The zero-order chi connectivity index (χ0) is 21.2. The molecule has 0 saturated heterocycles. The van der Waals surface area contributed by atoms with Gasteiger partial charge in [0, 0.05) is 21.7 Å². The fraction of sp³-hybridized carbons (Fsp3) is 0.0500. The Kier molecular flexibility index (Phi) is 6.27. The summed E-state index contributed by atoms with van der Waals surface area (Å²) < 4.78 is 43.6. The number of carbonyl (C=O) groups is 1. The standard InChI is InChI=1S/C20H11Cl3F3NO2/c21-13-7-11(8-14(22)10-13)18-5-2-15(29-18)3-6-19(28)27-17-4-1-12(9-16(17)23)20(24,25)26/h1-10H,(H,27,28)/b6-3+. The molecule has 0 aliphatic carbocycles. The Morgan fingerprint density at radius 3 is 2.28 bits per heavy atom. The smallest absolute Gasteiger partial charge is 0.416 e. The van der Waals surface area contributed by atoms with Gasteiger partial charge in [0.2, 0.25) is 5.91 Å². The van der Waals surface area contributed by atoms with E-state index in [9.17, 15) is 18.0 Å². The molecule has 1 amide bonds. The summed E-state index contributed by atoms with van der Waals surface area (Å²) in [7, 11) is 0. The largest absolute Gasteiger partial charge is 0.457 e. The zero-order valence-electron chi connectivity index (χ0n) is 14.4. The van der Waals surface area contributed by atoms with Crippen molar-refractivity contribution >= 4 is 52.5 Å². The molecular formula is C20H11Cl3F3NO2. The van der Waals surface area contributed by atoms with E-state index in [1.807, 2.05) is 0 Å². The average molecular weight is 461 g/mol. The van der Waals surface area contributed by atoms with Crippen molar-refractivity contribution in [2.45, 2.75) is 6.18 Å². The van der Waals surface area contributed by atoms with Crippen LogP contribution >= 0.6 is 34.8 Å². The van der Waals surface area contributed by atoms with E-state index in [-0.39, 0.29) is 10.7 Å². The quantitative estimate of drug-likeness (QED) is 0.408. The van der Waals surface area contributed by atoms with Crippen LogP contribution in [-0.4, -0.2) is 5.91 Å². The highest BCUT2D eigenvalue weighted by molar-refractivity contribution is 6.35. The Hall–Kier alpha value is -2.41. The molecule has 2 aromatic carbocycles. The number of alkyl halides is 3. The van der Waals surface area contributed by atoms with Gasteiger partial charge in [0.1, 0.15) is 11.5 Å². The van der Waals surface area contributed by atoms with Crippen molar-refractivity contribution in [1.82, 2.24) is 0 Å². The molecule has 1 N–H and O–H groups in total. The van der Waals surface area contributed by atoms with E-state index in [2.05, 4.69) is 5.32 Å². The molecule has 1 aromatic heterocycles. The lowest BCUT2D eigenvalue weighted by Crippen LogP contribution is -2.10. The molecule has 0 radical (unpaired) electrons. The van der Waals surface area contributed by atoms with Crippen molar-refractivity contribution in [1.29, 1.82) is 0 Å². The van der Waals surface area contributed by atoms with Crippen LogP contribution in [-0.2, 0) is 11.0 Å². The van der Waals surface area contributed by atoms with E-state index in [1.54, 1.807) is 30.3 Å². The lowest BCUT2D eigenvalue weighted by molar-refractivity contribution is -0.137. The maximum Gasteiger partial charge on any atom is 0.416 e. The van der Waals surface area contributed by atoms with Crippen molar-refractivity contribution in [3.63, 3.8) is 0 Å². The van der Waals surface area contributed by atoms with Gasteiger partial charge in [-0.05, 0) is 54.6 Å². The molecule has 0 saturated carbocycles. The molecule has 0 bridgehead atoms. The number of hydrogen-bond acceptors (Lipinski definition) is 2. The Morgan fingerprint density at radius 1 is 0.966 bits per heavy atom. The predicted molar refractivity (Wildman–Crippen MR) is 108 cm³/mol. The van der Waals surface area contributed by atoms with Crippen molar-refractivity contribution in [2.24, 2.45) is 0 Å². The molecule has 0 unspecified atom stereocenters. The molecule has 29 heavy (non-hydrogen) atoms. The third-order valence-corrected chi connectivity index (χ3v) is 4.48. The normalized spacial score (nSPS) is 11.8. The van der Waals surface area contributed by atoms with Gasteiger partial charge < -0.3 is 9.73 Å². The van der Waals surface area contributed by atoms with Gasteiger partial charge in [-0.1, -0.05) is 34.8 Å². The van der Waals surface area contributed by atoms with Crippen LogP contribution in [0.2, 0.25) is 15.1 Å². The molecule has 0 aliphatic heterocycles. The summed E-state index contributed by atoms with van der Waals surface area (Å²) in [6.45, 7) is 0. The van der Waals surface area contributed by atoms with Crippen LogP contribution in [0.5, 0.6) is 0 Å². The second-order valence-corrected chi connectivity index (χ2v) is 7.16. The van der Waals surface area contributed by atoms with E-state index >= 15 is 0 Å². The molecule has 150 valence electrons. The number of halogens is 6. The molecule has 3 rings (SSSR count). The number of carbonyl (C=O) groups excluding carboxylic acids is 1. The fourth-order valence-corrected chi connectivity index (χ4v) is 3.17. The number of amides is 1. The predicted octanol–water partition coefficient (Wildman–Crippen LogP) is 7.58. The molecule has 0 spiro atoms. The highest BCUT2D eigenvalue weighted by Gasteiger charge is 2.30. The molecule has 3 nitrogen and oxygen atoms in total. The monoisotopic (exact) mass is 459 g/mol. The van der Waals surface area contributed by atoms with E-state index in [0.29, 0.717) is 27.1 Å². The van der Waals surface area contributed by atoms with Gasteiger partial charge in [0.25, 0.3) is 0 Å². The number of rotatable bonds is 4. The Bertz CT molecular complexity index is 1070. The number of furan rings is 1. The van der Waals surface area contributed by atoms with Crippen molar-refractivity contribution in [2.75, 3.05) is 5.32 Å². The van der Waals surface area contributed by atoms with Crippen molar-refractivity contribution in [3.05, 3.63) is 81.0 Å². The van der Waals surface area contributed by atoms with Gasteiger partial charge in [-0.25, -0.2) is 0 Å². The summed E-state index contributed by atoms with van der Waals surface area (Å²) in [6, 6.07) is 10.9. The summed E-state index contributed by atoms with van der Waals surface area (Å²) >= 11 is 17.8. The van der Waals surface area contributed by atoms with Crippen LogP contribution in [0.25, 0.3) is 17.4 Å². The third kappa shape index (κ3) is 5.56. The first kappa shape index (κ1) is 21.3. The molecule has 0 atom stereocenters. The Morgan fingerprint density at radius 2 is 1.66 bits per heavy atom. The van der Waals surface area contributed by atoms with Crippen LogP contribution in [0.1, 0.15) is 11.3 Å². The summed E-state index contributed by atoms with van der Waals surface area (Å²) in [4.78, 5) is 12.0. The van der Waals surface area contributed by atoms with E-state index < -0.39 is 17.6 Å². The van der Waals surface area contributed by atoms with Crippen molar-refractivity contribution < 1.29 is 22.4 Å². The maximum absolute atomic E-state index is 12.7. The minimum absolute atomic E-state index is 0.0584. The average Bonchev–Trinajstić information content (AvgIpc) is 3.09. The van der Waals surface area contributed by atoms with Crippen LogP contribution in [0.4, 0.5) is 18.9 Å². The van der Waals surface area contributed by atoms with E-state index in [4.69, 9.17) is 39.2 Å². The minimum Gasteiger partial charge on any atom is -0.457 e. The van der Waals surface area contributed by atoms with Crippen LogP contribution in [0, 0.1) is 0 Å². The first-order valence-corrected chi connectivity index (χ1v) is 9.17. The number of hydrogen-bond donors (Lipinski definition) is 1. The molecular weight excluding hydrogens is 450 g/mol. The highest BCUT2D eigenvalue weighted by atomic mass is 35.5. The van der Waals surface area contributed by atoms with Gasteiger partial charge in [-0.2, -0.15) is 13.2 Å².